The van der Waals surface area contributed by atoms with Gasteiger partial charge in [0, 0.05) is 6.04 Å². The van der Waals surface area contributed by atoms with E-state index in [0.29, 0.717) is 6.04 Å². The van der Waals surface area contributed by atoms with E-state index in [0.717, 1.165) is 12.5 Å². The molecule has 0 saturated carbocycles. The van der Waals surface area contributed by atoms with Gasteiger partial charge in [0.1, 0.15) is 0 Å². The van der Waals surface area contributed by atoms with Gasteiger partial charge in [-0.05, 0) is 45.2 Å². The summed E-state index contributed by atoms with van der Waals surface area (Å²) in [7, 11) is 2.00. The molecule has 0 amide bonds. The molecule has 2 nitrogen and oxygen atoms in total. The fourth-order valence-electron chi connectivity index (χ4n) is 1.40. The quantitative estimate of drug-likeness (QED) is 0.570. The van der Waals surface area contributed by atoms with Gasteiger partial charge in [0.25, 0.3) is 0 Å². The van der Waals surface area contributed by atoms with Crippen molar-refractivity contribution >= 4 is 0 Å². The average molecular weight is 186 g/mol. The third-order valence-corrected chi connectivity index (χ3v) is 2.37. The van der Waals surface area contributed by atoms with E-state index in [4.69, 9.17) is 5.73 Å². The molecule has 0 spiro atoms. The molecule has 1 unspecified atom stereocenters. The van der Waals surface area contributed by atoms with Crippen molar-refractivity contribution in [1.82, 2.24) is 5.32 Å². The zero-order valence-corrected chi connectivity index (χ0v) is 9.47. The van der Waals surface area contributed by atoms with Crippen molar-refractivity contribution in [2.24, 2.45) is 11.7 Å². The van der Waals surface area contributed by atoms with Crippen LogP contribution in [0.25, 0.3) is 0 Å². The Morgan fingerprint density at radius 3 is 2.31 bits per heavy atom. The van der Waals surface area contributed by atoms with Crippen LogP contribution in [-0.4, -0.2) is 19.6 Å². The molecule has 2 heteroatoms. The Morgan fingerprint density at radius 2 is 1.77 bits per heavy atom. The first-order valence-corrected chi connectivity index (χ1v) is 5.57. The van der Waals surface area contributed by atoms with Crippen LogP contribution < -0.4 is 11.1 Å². The van der Waals surface area contributed by atoms with Gasteiger partial charge >= 0.3 is 0 Å². The van der Waals surface area contributed by atoms with Gasteiger partial charge in [0.15, 0.2) is 0 Å². The Morgan fingerprint density at radius 1 is 1.08 bits per heavy atom. The van der Waals surface area contributed by atoms with Crippen LogP contribution >= 0.6 is 0 Å². The van der Waals surface area contributed by atoms with Gasteiger partial charge in [-0.1, -0.05) is 20.3 Å². The third kappa shape index (κ3) is 9.84. The van der Waals surface area contributed by atoms with E-state index in [2.05, 4.69) is 19.2 Å². The summed E-state index contributed by atoms with van der Waals surface area (Å²) in [6, 6.07) is 0.430. The lowest BCUT2D eigenvalue weighted by Gasteiger charge is -2.12. The molecule has 13 heavy (non-hydrogen) atoms. The number of nitrogens with one attached hydrogen (secondary N) is 1. The molecule has 3 N–H and O–H groups in total. The molecule has 0 saturated heterocycles. The zero-order chi connectivity index (χ0) is 10.1. The van der Waals surface area contributed by atoms with Gasteiger partial charge in [-0.2, -0.15) is 0 Å². The summed E-state index contributed by atoms with van der Waals surface area (Å²) in [5.74, 6) is 0.795. The van der Waals surface area contributed by atoms with Gasteiger partial charge in [-0.25, -0.2) is 0 Å². The summed E-state index contributed by atoms with van der Waals surface area (Å²) < 4.78 is 0. The maximum Gasteiger partial charge on any atom is 0.00389 e. The fourth-order valence-corrected chi connectivity index (χ4v) is 1.40. The Balaban J connectivity index is 3.15. The van der Waals surface area contributed by atoms with E-state index in [1.54, 1.807) is 0 Å². The van der Waals surface area contributed by atoms with Crippen LogP contribution in [0.1, 0.15) is 46.0 Å². The Kier molecular flexibility index (Phi) is 8.46. The average Bonchev–Trinajstić information content (AvgIpc) is 2.09. The molecule has 0 heterocycles. The molecule has 0 aliphatic carbocycles. The third-order valence-electron chi connectivity index (χ3n) is 2.37. The van der Waals surface area contributed by atoms with Crippen LogP contribution in [0, 0.1) is 5.92 Å². The normalized spacial score (nSPS) is 13.6. The molecule has 0 aliphatic rings. The first-order chi connectivity index (χ1) is 6.16. The highest BCUT2D eigenvalue weighted by Gasteiger charge is 2.03. The number of unbranched alkanes of at least 4 members (excludes halogenated alkanes) is 1. The largest absolute Gasteiger partial charge is 0.328 e. The highest BCUT2D eigenvalue weighted by atomic mass is 14.8. The van der Waals surface area contributed by atoms with Crippen molar-refractivity contribution in [3.8, 4) is 0 Å². The van der Waals surface area contributed by atoms with Crippen LogP contribution in [-0.2, 0) is 0 Å². The smallest absolute Gasteiger partial charge is 0.00389 e. The van der Waals surface area contributed by atoms with E-state index in [9.17, 15) is 0 Å². The number of hydrogen-bond donors (Lipinski definition) is 2. The molecule has 0 aromatic carbocycles. The van der Waals surface area contributed by atoms with Gasteiger partial charge in [-0.3, -0.25) is 0 Å². The molecule has 0 aliphatic heterocycles. The SMILES string of the molecule is CNCCCCC(N)CCC(C)C. The monoisotopic (exact) mass is 186 g/mol. The van der Waals surface area contributed by atoms with Gasteiger partial charge in [0.05, 0.1) is 0 Å². The molecule has 1 atom stereocenters. The molecule has 0 rings (SSSR count). The van der Waals surface area contributed by atoms with Crippen molar-refractivity contribution < 1.29 is 0 Å². The van der Waals surface area contributed by atoms with Crippen LogP contribution in [0.5, 0.6) is 0 Å². The highest BCUT2D eigenvalue weighted by molar-refractivity contribution is 4.62. The second kappa shape index (κ2) is 8.52. The fraction of sp³-hybridized carbons (Fsp3) is 1.00. The number of rotatable bonds is 8. The first kappa shape index (κ1) is 12.9. The predicted molar refractivity (Wildman–Crippen MR) is 59.8 cm³/mol. The van der Waals surface area contributed by atoms with Crippen molar-refractivity contribution in [2.75, 3.05) is 13.6 Å². The van der Waals surface area contributed by atoms with Gasteiger partial charge < -0.3 is 11.1 Å². The van der Waals surface area contributed by atoms with Crippen molar-refractivity contribution in [3.63, 3.8) is 0 Å². The van der Waals surface area contributed by atoms with Crippen molar-refractivity contribution in [1.29, 1.82) is 0 Å². The van der Waals surface area contributed by atoms with Crippen molar-refractivity contribution in [2.45, 2.75) is 52.0 Å². The van der Waals surface area contributed by atoms with E-state index >= 15 is 0 Å². The molecular weight excluding hydrogens is 160 g/mol. The molecule has 0 bridgehead atoms. The lowest BCUT2D eigenvalue weighted by Crippen LogP contribution is -2.20. The molecule has 0 fully saturated rings. The summed E-state index contributed by atoms with van der Waals surface area (Å²) >= 11 is 0. The second-order valence-corrected chi connectivity index (χ2v) is 4.33. The van der Waals surface area contributed by atoms with E-state index in [-0.39, 0.29) is 0 Å². The summed E-state index contributed by atoms with van der Waals surface area (Å²) in [6.07, 6.45) is 6.17. The topological polar surface area (TPSA) is 38.0 Å². The molecule has 0 radical (unpaired) electrons. The standard InChI is InChI=1S/C11H26N2/c1-10(2)7-8-11(12)6-4-5-9-13-3/h10-11,13H,4-9,12H2,1-3H3. The summed E-state index contributed by atoms with van der Waals surface area (Å²) in [6.45, 7) is 5.64. The Labute approximate surface area is 83.3 Å². The lowest BCUT2D eigenvalue weighted by molar-refractivity contribution is 0.463. The maximum atomic E-state index is 5.98. The lowest BCUT2D eigenvalue weighted by atomic mass is 10.0. The maximum absolute atomic E-state index is 5.98. The van der Waals surface area contributed by atoms with E-state index in [1.165, 1.54) is 32.1 Å². The van der Waals surface area contributed by atoms with Gasteiger partial charge in [0.2, 0.25) is 0 Å². The van der Waals surface area contributed by atoms with Crippen LogP contribution in [0.15, 0.2) is 0 Å². The second-order valence-electron chi connectivity index (χ2n) is 4.33. The summed E-state index contributed by atoms with van der Waals surface area (Å²) in [5, 5.41) is 3.15. The predicted octanol–water partition coefficient (Wildman–Crippen LogP) is 2.14. The number of hydrogen-bond acceptors (Lipinski definition) is 2. The Hall–Kier alpha value is -0.0800. The minimum absolute atomic E-state index is 0.430. The Bertz CT molecular complexity index is 102. The number of nitrogens with two attached hydrogens (primary N) is 1. The summed E-state index contributed by atoms with van der Waals surface area (Å²) in [5.41, 5.74) is 5.98. The minimum Gasteiger partial charge on any atom is -0.328 e. The van der Waals surface area contributed by atoms with E-state index in [1.807, 2.05) is 7.05 Å². The van der Waals surface area contributed by atoms with E-state index < -0.39 is 0 Å². The van der Waals surface area contributed by atoms with Crippen LogP contribution in [0.3, 0.4) is 0 Å². The van der Waals surface area contributed by atoms with Gasteiger partial charge in [-0.15, -0.1) is 0 Å². The molecule has 0 aromatic heterocycles. The molecule has 80 valence electrons. The zero-order valence-electron chi connectivity index (χ0n) is 9.47. The molecular formula is C11H26N2. The van der Waals surface area contributed by atoms with Crippen molar-refractivity contribution in [3.05, 3.63) is 0 Å². The highest BCUT2D eigenvalue weighted by Crippen LogP contribution is 2.09. The molecule has 0 aromatic rings. The summed E-state index contributed by atoms with van der Waals surface area (Å²) in [4.78, 5) is 0. The minimum atomic E-state index is 0.430. The van der Waals surface area contributed by atoms with Crippen LogP contribution in [0.4, 0.5) is 0 Å². The van der Waals surface area contributed by atoms with Crippen LogP contribution in [0.2, 0.25) is 0 Å². The first-order valence-electron chi connectivity index (χ1n) is 5.57.